The van der Waals surface area contributed by atoms with Crippen molar-refractivity contribution in [3.63, 3.8) is 0 Å². The van der Waals surface area contributed by atoms with Gasteiger partial charge in [-0.3, -0.25) is 0 Å². The number of hydrogen-bond donors (Lipinski definition) is 2. The normalized spacial score (nSPS) is 13.2. The van der Waals surface area contributed by atoms with Crippen LogP contribution in [0.4, 0.5) is 0 Å². The Morgan fingerprint density at radius 1 is 1.40 bits per heavy atom. The summed E-state index contributed by atoms with van der Waals surface area (Å²) >= 11 is 0. The van der Waals surface area contributed by atoms with Crippen LogP contribution in [0.25, 0.3) is 0 Å². The summed E-state index contributed by atoms with van der Waals surface area (Å²) in [5, 5.41) is 0. The topological polar surface area (TPSA) is 98.5 Å². The van der Waals surface area contributed by atoms with Crippen LogP contribution in [-0.2, 0) is 14.8 Å². The van der Waals surface area contributed by atoms with Crippen LogP contribution in [0, 0.1) is 5.92 Å². The van der Waals surface area contributed by atoms with E-state index < -0.39 is 16.0 Å². The van der Waals surface area contributed by atoms with Crippen LogP contribution in [0.15, 0.2) is 29.2 Å². The summed E-state index contributed by atoms with van der Waals surface area (Å²) in [6, 6.07) is 5.33. The number of carbonyl (C=O) groups excluding carboxylic acids is 1. The molecule has 0 fully saturated rings. The Bertz CT molecular complexity index is 569. The minimum atomic E-state index is -3.72. The van der Waals surface area contributed by atoms with Gasteiger partial charge in [0.2, 0.25) is 10.0 Å². The number of ether oxygens (including phenoxy) is 1. The minimum absolute atomic E-state index is 0.0134. The van der Waals surface area contributed by atoms with E-state index in [4.69, 9.17) is 5.73 Å². The highest BCUT2D eigenvalue weighted by Crippen LogP contribution is 2.14. The third kappa shape index (κ3) is 4.03. The maximum atomic E-state index is 12.3. The maximum Gasteiger partial charge on any atom is 0.337 e. The van der Waals surface area contributed by atoms with Crippen molar-refractivity contribution in [2.75, 3.05) is 13.7 Å². The molecule has 0 heterocycles. The minimum Gasteiger partial charge on any atom is -0.465 e. The van der Waals surface area contributed by atoms with Crippen LogP contribution in [0.3, 0.4) is 0 Å². The fourth-order valence-electron chi connectivity index (χ4n) is 1.63. The van der Waals surface area contributed by atoms with E-state index in [1.807, 2.05) is 13.8 Å². The Kier molecular flexibility index (Phi) is 5.67. The van der Waals surface area contributed by atoms with E-state index in [2.05, 4.69) is 9.46 Å². The molecule has 0 saturated heterocycles. The lowest BCUT2D eigenvalue weighted by Crippen LogP contribution is -2.43. The number of sulfonamides is 1. The van der Waals surface area contributed by atoms with Crippen molar-refractivity contribution in [3.8, 4) is 0 Å². The van der Waals surface area contributed by atoms with Crippen LogP contribution < -0.4 is 10.5 Å². The van der Waals surface area contributed by atoms with Gasteiger partial charge in [0, 0.05) is 12.6 Å². The number of nitrogens with two attached hydrogens (primary N) is 1. The molecule has 1 atom stereocenters. The van der Waals surface area contributed by atoms with E-state index >= 15 is 0 Å². The van der Waals surface area contributed by atoms with E-state index in [9.17, 15) is 13.2 Å². The van der Waals surface area contributed by atoms with E-state index in [1.165, 1.54) is 31.4 Å². The molecule has 1 rings (SSSR count). The fourth-order valence-corrected chi connectivity index (χ4v) is 3.07. The highest BCUT2D eigenvalue weighted by molar-refractivity contribution is 7.89. The van der Waals surface area contributed by atoms with Crippen molar-refractivity contribution in [2.24, 2.45) is 11.7 Å². The number of rotatable bonds is 6. The molecule has 0 bridgehead atoms. The summed E-state index contributed by atoms with van der Waals surface area (Å²) in [4.78, 5) is 11.4. The summed E-state index contributed by atoms with van der Waals surface area (Å²) in [5.74, 6) is -0.514. The smallest absolute Gasteiger partial charge is 0.337 e. The molecule has 20 heavy (non-hydrogen) atoms. The second kappa shape index (κ2) is 6.83. The predicted molar refractivity (Wildman–Crippen MR) is 75.8 cm³/mol. The van der Waals surface area contributed by atoms with Gasteiger partial charge >= 0.3 is 5.97 Å². The highest BCUT2D eigenvalue weighted by atomic mass is 32.2. The predicted octanol–water partition coefficient (Wildman–Crippen LogP) is 0.735. The molecule has 7 heteroatoms. The van der Waals surface area contributed by atoms with Gasteiger partial charge in [0.05, 0.1) is 17.6 Å². The van der Waals surface area contributed by atoms with Gasteiger partial charge in [0.1, 0.15) is 0 Å². The van der Waals surface area contributed by atoms with Crippen molar-refractivity contribution in [1.82, 2.24) is 4.72 Å². The number of hydrogen-bond acceptors (Lipinski definition) is 5. The van der Waals surface area contributed by atoms with Crippen LogP contribution in [-0.4, -0.2) is 34.1 Å². The lowest BCUT2D eigenvalue weighted by atomic mass is 10.1. The molecule has 0 spiro atoms. The first kappa shape index (κ1) is 16.6. The second-order valence-electron chi connectivity index (χ2n) is 4.73. The van der Waals surface area contributed by atoms with Crippen LogP contribution in [0.1, 0.15) is 24.2 Å². The first-order valence-electron chi connectivity index (χ1n) is 6.22. The number of benzene rings is 1. The highest BCUT2D eigenvalue weighted by Gasteiger charge is 2.22. The molecule has 1 unspecified atom stereocenters. The van der Waals surface area contributed by atoms with Crippen LogP contribution in [0.5, 0.6) is 0 Å². The monoisotopic (exact) mass is 300 g/mol. The molecule has 0 aliphatic carbocycles. The largest absolute Gasteiger partial charge is 0.465 e. The first-order valence-corrected chi connectivity index (χ1v) is 7.71. The zero-order valence-electron chi connectivity index (χ0n) is 11.8. The molecule has 6 nitrogen and oxygen atoms in total. The molecule has 3 N–H and O–H groups in total. The summed E-state index contributed by atoms with van der Waals surface area (Å²) < 4.78 is 31.6. The van der Waals surface area contributed by atoms with Crippen molar-refractivity contribution in [1.29, 1.82) is 0 Å². The molecule has 1 aromatic carbocycles. The summed E-state index contributed by atoms with van der Waals surface area (Å²) in [5.41, 5.74) is 5.74. The Morgan fingerprint density at radius 2 is 2.05 bits per heavy atom. The summed E-state index contributed by atoms with van der Waals surface area (Å²) in [6.45, 7) is 3.96. The molecular weight excluding hydrogens is 280 g/mol. The zero-order chi connectivity index (χ0) is 15.3. The molecule has 0 amide bonds. The van der Waals surface area contributed by atoms with Crippen molar-refractivity contribution in [3.05, 3.63) is 29.8 Å². The molecule has 0 radical (unpaired) electrons. The van der Waals surface area contributed by atoms with Crippen molar-refractivity contribution < 1.29 is 17.9 Å². The molecular formula is C13H20N2O4S. The van der Waals surface area contributed by atoms with Gasteiger partial charge in [-0.15, -0.1) is 0 Å². The van der Waals surface area contributed by atoms with Crippen LogP contribution >= 0.6 is 0 Å². The second-order valence-corrected chi connectivity index (χ2v) is 6.44. The van der Waals surface area contributed by atoms with Crippen molar-refractivity contribution in [2.45, 2.75) is 24.8 Å². The van der Waals surface area contributed by atoms with Gasteiger partial charge < -0.3 is 10.5 Å². The van der Waals surface area contributed by atoms with Gasteiger partial charge in [0.25, 0.3) is 0 Å². The number of methoxy groups -OCH3 is 1. The Hall–Kier alpha value is -1.44. The number of nitrogens with one attached hydrogen (secondary N) is 1. The average molecular weight is 300 g/mol. The Morgan fingerprint density at radius 3 is 2.55 bits per heavy atom. The molecule has 0 aliphatic heterocycles. The fraction of sp³-hybridized carbons (Fsp3) is 0.462. The molecule has 0 saturated carbocycles. The third-order valence-corrected chi connectivity index (χ3v) is 4.42. The van der Waals surface area contributed by atoms with Crippen LogP contribution in [0.2, 0.25) is 0 Å². The van der Waals surface area contributed by atoms with Crippen molar-refractivity contribution >= 4 is 16.0 Å². The lowest BCUT2D eigenvalue weighted by Gasteiger charge is -2.20. The lowest BCUT2D eigenvalue weighted by molar-refractivity contribution is 0.0600. The zero-order valence-corrected chi connectivity index (χ0v) is 12.6. The summed E-state index contributed by atoms with van der Waals surface area (Å²) in [7, 11) is -2.48. The van der Waals surface area contributed by atoms with E-state index in [0.717, 1.165) is 0 Å². The average Bonchev–Trinajstić information content (AvgIpc) is 2.43. The molecule has 0 aliphatic rings. The van der Waals surface area contributed by atoms with Gasteiger partial charge in [-0.05, 0) is 24.1 Å². The van der Waals surface area contributed by atoms with E-state index in [-0.39, 0.29) is 29.0 Å². The SMILES string of the molecule is COC(=O)c1cccc(S(=O)(=O)NC(CN)C(C)C)c1. The molecule has 112 valence electrons. The van der Waals surface area contributed by atoms with E-state index in [0.29, 0.717) is 0 Å². The maximum absolute atomic E-state index is 12.3. The van der Waals surface area contributed by atoms with Gasteiger partial charge in [0.15, 0.2) is 0 Å². The first-order chi connectivity index (χ1) is 9.31. The quantitative estimate of drug-likeness (QED) is 0.755. The standard InChI is InChI=1S/C13H20N2O4S/c1-9(2)12(8-14)15-20(17,18)11-6-4-5-10(7-11)13(16)19-3/h4-7,9,12,15H,8,14H2,1-3H3. The number of esters is 1. The van der Waals surface area contributed by atoms with Gasteiger partial charge in [-0.25, -0.2) is 17.9 Å². The van der Waals surface area contributed by atoms with Gasteiger partial charge in [-0.1, -0.05) is 19.9 Å². The Labute approximate surface area is 119 Å². The summed E-state index contributed by atoms with van der Waals surface area (Å²) in [6.07, 6.45) is 0. The van der Waals surface area contributed by atoms with Gasteiger partial charge in [-0.2, -0.15) is 0 Å². The molecule has 1 aromatic rings. The number of carbonyl (C=O) groups is 1. The van der Waals surface area contributed by atoms with E-state index in [1.54, 1.807) is 0 Å². The Balaban J connectivity index is 3.07. The molecule has 0 aromatic heterocycles. The third-order valence-electron chi connectivity index (χ3n) is 2.93.